The number of rotatable bonds is 10. The summed E-state index contributed by atoms with van der Waals surface area (Å²) in [4.78, 5) is 0. The van der Waals surface area contributed by atoms with Crippen molar-refractivity contribution in [3.05, 3.63) is 0 Å². The molecule has 0 radical (unpaired) electrons. The second-order valence-electron chi connectivity index (χ2n) is 5.81. The van der Waals surface area contributed by atoms with Crippen molar-refractivity contribution in [3.8, 4) is 0 Å². The molecule has 1 saturated heterocycles. The highest BCUT2D eigenvalue weighted by Gasteiger charge is 2.15. The van der Waals surface area contributed by atoms with Gasteiger partial charge < -0.3 is 10.1 Å². The Balaban J connectivity index is 2.05. The maximum absolute atomic E-state index is 11.8. The van der Waals surface area contributed by atoms with Crippen LogP contribution in [0.3, 0.4) is 0 Å². The summed E-state index contributed by atoms with van der Waals surface area (Å²) in [5.74, 6) is 0.221. The second-order valence-corrected chi connectivity index (χ2v) is 7.73. The molecule has 1 unspecified atom stereocenters. The van der Waals surface area contributed by atoms with Crippen molar-refractivity contribution in [3.63, 3.8) is 0 Å². The smallest absolute Gasteiger partial charge is 0.211 e. The number of nitrogens with one attached hydrogen (secondary N) is 2. The third-order valence-corrected chi connectivity index (χ3v) is 4.92. The predicted molar refractivity (Wildman–Crippen MR) is 82.4 cm³/mol. The molecular formula is C14H30N2O3S. The molecule has 1 aliphatic rings. The Hall–Kier alpha value is -0.170. The molecule has 1 rings (SSSR count). The summed E-state index contributed by atoms with van der Waals surface area (Å²) in [7, 11) is -3.12. The van der Waals surface area contributed by atoms with Crippen LogP contribution in [-0.2, 0) is 14.8 Å². The molecule has 0 bridgehead atoms. The first kappa shape index (κ1) is 17.9. The predicted octanol–water partition coefficient (Wildman–Crippen LogP) is 1.64. The van der Waals surface area contributed by atoms with Crippen molar-refractivity contribution < 1.29 is 13.2 Å². The Morgan fingerprint density at radius 2 is 2.00 bits per heavy atom. The highest BCUT2D eigenvalue weighted by Crippen LogP contribution is 2.14. The van der Waals surface area contributed by atoms with Gasteiger partial charge in [0.1, 0.15) is 0 Å². The van der Waals surface area contributed by atoms with Gasteiger partial charge >= 0.3 is 0 Å². The molecule has 1 atom stereocenters. The van der Waals surface area contributed by atoms with Crippen molar-refractivity contribution in [1.29, 1.82) is 0 Å². The summed E-state index contributed by atoms with van der Waals surface area (Å²) in [5.41, 5.74) is 0. The van der Waals surface area contributed by atoms with Crippen LogP contribution in [0.15, 0.2) is 0 Å². The molecule has 1 aliphatic heterocycles. The Kier molecular flexibility index (Phi) is 8.68. The summed E-state index contributed by atoms with van der Waals surface area (Å²) >= 11 is 0. The Morgan fingerprint density at radius 3 is 2.65 bits per heavy atom. The van der Waals surface area contributed by atoms with Gasteiger partial charge in [0.25, 0.3) is 0 Å². The number of hydrogen-bond acceptors (Lipinski definition) is 4. The van der Waals surface area contributed by atoms with Crippen LogP contribution in [0.2, 0.25) is 0 Å². The molecule has 0 aromatic heterocycles. The van der Waals surface area contributed by atoms with E-state index >= 15 is 0 Å². The molecule has 2 N–H and O–H groups in total. The van der Waals surface area contributed by atoms with E-state index < -0.39 is 10.0 Å². The van der Waals surface area contributed by atoms with Crippen molar-refractivity contribution in [1.82, 2.24) is 10.0 Å². The lowest BCUT2D eigenvalue weighted by Gasteiger charge is -2.22. The lowest BCUT2D eigenvalue weighted by Crippen LogP contribution is -2.31. The van der Waals surface area contributed by atoms with E-state index in [0.717, 1.165) is 38.8 Å². The van der Waals surface area contributed by atoms with Gasteiger partial charge in [-0.3, -0.25) is 0 Å². The fourth-order valence-corrected chi connectivity index (χ4v) is 3.45. The summed E-state index contributed by atoms with van der Waals surface area (Å²) in [6, 6.07) is 0.459. The molecule has 1 fully saturated rings. The molecule has 6 heteroatoms. The fraction of sp³-hybridized carbons (Fsp3) is 1.00. The van der Waals surface area contributed by atoms with Crippen LogP contribution in [0, 0.1) is 0 Å². The zero-order valence-electron chi connectivity index (χ0n) is 12.9. The van der Waals surface area contributed by atoms with Gasteiger partial charge in [-0.2, -0.15) is 0 Å². The monoisotopic (exact) mass is 306 g/mol. The highest BCUT2D eigenvalue weighted by atomic mass is 32.2. The van der Waals surface area contributed by atoms with Gasteiger partial charge in [-0.15, -0.1) is 0 Å². The van der Waals surface area contributed by atoms with Crippen LogP contribution in [0.25, 0.3) is 0 Å². The van der Waals surface area contributed by atoms with E-state index in [4.69, 9.17) is 4.74 Å². The maximum Gasteiger partial charge on any atom is 0.211 e. The molecule has 20 heavy (non-hydrogen) atoms. The van der Waals surface area contributed by atoms with E-state index in [1.54, 1.807) is 0 Å². The molecular weight excluding hydrogens is 276 g/mol. The van der Waals surface area contributed by atoms with Crippen LogP contribution >= 0.6 is 0 Å². The topological polar surface area (TPSA) is 67.4 Å². The molecule has 0 aromatic rings. The zero-order chi connectivity index (χ0) is 14.8. The van der Waals surface area contributed by atoms with Crippen LogP contribution < -0.4 is 10.0 Å². The maximum atomic E-state index is 11.8. The number of ether oxygens (including phenoxy) is 1. The Morgan fingerprint density at radius 1 is 1.20 bits per heavy atom. The average molecular weight is 306 g/mol. The number of sulfonamides is 1. The standard InChI is InChI=1S/C14H30N2O3S/c1-13(2)15-9-4-6-12-20(17,18)16-10-8-14-7-3-5-11-19-14/h13-16H,3-12H2,1-2H3. The van der Waals surface area contributed by atoms with Gasteiger partial charge in [0.05, 0.1) is 11.9 Å². The highest BCUT2D eigenvalue weighted by molar-refractivity contribution is 7.89. The van der Waals surface area contributed by atoms with Crippen LogP contribution in [-0.4, -0.2) is 46.0 Å². The van der Waals surface area contributed by atoms with Crippen LogP contribution in [0.4, 0.5) is 0 Å². The first-order valence-corrected chi connectivity index (χ1v) is 9.47. The number of unbranched alkanes of at least 4 members (excludes halogenated alkanes) is 1. The van der Waals surface area contributed by atoms with Gasteiger partial charge in [-0.25, -0.2) is 13.1 Å². The molecule has 0 spiro atoms. The van der Waals surface area contributed by atoms with Crippen molar-refractivity contribution in [2.24, 2.45) is 0 Å². The minimum atomic E-state index is -3.12. The molecule has 1 heterocycles. The molecule has 0 amide bonds. The van der Waals surface area contributed by atoms with E-state index in [9.17, 15) is 8.42 Å². The quantitative estimate of drug-likeness (QED) is 0.602. The van der Waals surface area contributed by atoms with E-state index in [-0.39, 0.29) is 11.9 Å². The third-order valence-electron chi connectivity index (χ3n) is 3.45. The van der Waals surface area contributed by atoms with Gasteiger partial charge in [-0.1, -0.05) is 13.8 Å². The summed E-state index contributed by atoms with van der Waals surface area (Å²) in [6.45, 7) is 6.37. The zero-order valence-corrected chi connectivity index (χ0v) is 13.7. The number of hydrogen-bond donors (Lipinski definition) is 2. The Bertz CT molecular complexity index is 338. The molecule has 0 aliphatic carbocycles. The summed E-state index contributed by atoms with van der Waals surface area (Å²) in [6.07, 6.45) is 6.00. The molecule has 0 aromatic carbocycles. The van der Waals surface area contributed by atoms with E-state index in [1.807, 2.05) is 0 Å². The van der Waals surface area contributed by atoms with E-state index in [0.29, 0.717) is 19.0 Å². The van der Waals surface area contributed by atoms with Crippen molar-refractivity contribution in [2.75, 3.05) is 25.4 Å². The largest absolute Gasteiger partial charge is 0.378 e. The van der Waals surface area contributed by atoms with E-state index in [1.165, 1.54) is 6.42 Å². The SMILES string of the molecule is CC(C)NCCCCS(=O)(=O)NCCC1CCCCO1. The fourth-order valence-electron chi connectivity index (χ4n) is 2.29. The average Bonchev–Trinajstić information content (AvgIpc) is 2.39. The van der Waals surface area contributed by atoms with Gasteiger partial charge in [0.15, 0.2) is 0 Å². The van der Waals surface area contributed by atoms with Crippen LogP contribution in [0.5, 0.6) is 0 Å². The van der Waals surface area contributed by atoms with Crippen molar-refractivity contribution in [2.45, 2.75) is 64.5 Å². The normalized spacial score (nSPS) is 20.4. The van der Waals surface area contributed by atoms with Gasteiger partial charge in [0, 0.05) is 19.2 Å². The van der Waals surface area contributed by atoms with Gasteiger partial charge in [-0.05, 0) is 45.1 Å². The molecule has 0 saturated carbocycles. The lowest BCUT2D eigenvalue weighted by atomic mass is 10.1. The van der Waals surface area contributed by atoms with Crippen molar-refractivity contribution >= 4 is 10.0 Å². The van der Waals surface area contributed by atoms with Gasteiger partial charge in [0.2, 0.25) is 10.0 Å². The lowest BCUT2D eigenvalue weighted by molar-refractivity contribution is 0.0123. The summed E-state index contributed by atoms with van der Waals surface area (Å²) < 4.78 is 31.9. The van der Waals surface area contributed by atoms with E-state index in [2.05, 4.69) is 23.9 Å². The van der Waals surface area contributed by atoms with Crippen LogP contribution in [0.1, 0.15) is 52.4 Å². The molecule has 5 nitrogen and oxygen atoms in total. The first-order chi connectivity index (χ1) is 9.49. The second kappa shape index (κ2) is 9.71. The Labute approximate surface area is 123 Å². The summed E-state index contributed by atoms with van der Waals surface area (Å²) in [5, 5.41) is 3.29. The minimum absolute atomic E-state index is 0.221. The first-order valence-electron chi connectivity index (χ1n) is 7.82. The third kappa shape index (κ3) is 8.89. The minimum Gasteiger partial charge on any atom is -0.378 e. The molecule has 120 valence electrons.